The number of rotatable bonds is 0. The molecule has 0 aliphatic rings. The number of hydrogen-bond donors (Lipinski definition) is 0. The smallest absolute Gasteiger partial charge is 0 e. The zero-order valence-electron chi connectivity index (χ0n) is 1.10. The van der Waals surface area contributed by atoms with Crippen LogP contribution in [0.25, 0.3) is 0 Å². The molecule has 4 heavy (non-hydrogen) atoms. The van der Waals surface area contributed by atoms with Gasteiger partial charge >= 0.3 is 0 Å². The molecule has 0 N–H and O–H groups in total. The SMILES string of the molecule is [AlH3].[Cr].[Mn].[Ni]. The van der Waals surface area contributed by atoms with Crippen molar-refractivity contribution in [1.29, 1.82) is 0 Å². The molecule has 0 heterocycles. The van der Waals surface area contributed by atoms with Crippen molar-refractivity contribution in [2.24, 2.45) is 0 Å². The van der Waals surface area contributed by atoms with Crippen LogP contribution in [0.1, 0.15) is 0 Å². The van der Waals surface area contributed by atoms with Crippen molar-refractivity contribution in [2.75, 3.05) is 0 Å². The Hall–Kier alpha value is 2.08. The van der Waals surface area contributed by atoms with Gasteiger partial charge in [-0.3, -0.25) is 0 Å². The van der Waals surface area contributed by atoms with Crippen LogP contribution in [0.4, 0.5) is 0 Å². The maximum absolute atomic E-state index is 0. The summed E-state index contributed by atoms with van der Waals surface area (Å²) in [6.07, 6.45) is 0. The Morgan fingerprint density at radius 1 is 1.00 bits per heavy atom. The average molecular weight is 196 g/mol. The van der Waals surface area contributed by atoms with E-state index >= 15 is 0 Å². The molecule has 0 bridgehead atoms. The first-order valence-electron chi connectivity index (χ1n) is 0. The van der Waals surface area contributed by atoms with Crippen LogP contribution in [0.15, 0.2) is 0 Å². The third-order valence-electron chi connectivity index (χ3n) is 0. The summed E-state index contributed by atoms with van der Waals surface area (Å²) in [5.41, 5.74) is 0. The second-order valence-electron chi connectivity index (χ2n) is 0. The Balaban J connectivity index is 0. The summed E-state index contributed by atoms with van der Waals surface area (Å²) in [7, 11) is 0. The van der Waals surface area contributed by atoms with Crippen molar-refractivity contribution in [1.82, 2.24) is 0 Å². The molecule has 0 aromatic heterocycles. The first kappa shape index (κ1) is 36.3. The molecule has 0 saturated heterocycles. The monoisotopic (exact) mass is 195 g/mol. The third-order valence-corrected chi connectivity index (χ3v) is 0. The van der Waals surface area contributed by atoms with Gasteiger partial charge in [-0.1, -0.05) is 0 Å². The molecule has 0 fully saturated rings. The van der Waals surface area contributed by atoms with Crippen LogP contribution in [0, 0.1) is 0 Å². The van der Waals surface area contributed by atoms with Gasteiger partial charge in [0.2, 0.25) is 0 Å². The molecule has 0 rings (SSSR count). The molecule has 0 spiro atoms. The largest absolute Gasteiger partial charge is 0.187 e. The molecule has 0 atom stereocenters. The minimum atomic E-state index is 0. The van der Waals surface area contributed by atoms with E-state index in [0.29, 0.717) is 0 Å². The summed E-state index contributed by atoms with van der Waals surface area (Å²) in [6.45, 7) is 0. The minimum absolute atomic E-state index is 0. The zero-order valence-corrected chi connectivity index (χ0v) is 4.55. The molecule has 0 aliphatic heterocycles. The van der Waals surface area contributed by atoms with Gasteiger partial charge in [0.05, 0.1) is 0 Å². The summed E-state index contributed by atoms with van der Waals surface area (Å²) < 4.78 is 0. The van der Waals surface area contributed by atoms with Crippen LogP contribution in [0.5, 0.6) is 0 Å². The van der Waals surface area contributed by atoms with E-state index in [-0.39, 0.29) is 68.3 Å². The van der Waals surface area contributed by atoms with Crippen LogP contribution in [0.3, 0.4) is 0 Å². The molecule has 0 aromatic carbocycles. The van der Waals surface area contributed by atoms with Gasteiger partial charge in [-0.15, -0.1) is 0 Å². The molecule has 29 valence electrons. The molecule has 0 aliphatic carbocycles. The number of hydrogen-bond acceptors (Lipinski definition) is 0. The molecular formula is H3AlCrMnNi. The molecule has 0 saturated carbocycles. The minimum Gasteiger partial charge on any atom is 0 e. The quantitative estimate of drug-likeness (QED) is 0.427. The first-order chi connectivity index (χ1) is 0. The van der Waals surface area contributed by atoms with E-state index in [2.05, 4.69) is 0 Å². The van der Waals surface area contributed by atoms with E-state index in [9.17, 15) is 0 Å². The van der Waals surface area contributed by atoms with Crippen LogP contribution >= 0.6 is 0 Å². The zero-order chi connectivity index (χ0) is 0. The normalized spacial score (nSPS) is 0. The van der Waals surface area contributed by atoms with Crippen molar-refractivity contribution >= 4 is 17.4 Å². The van der Waals surface area contributed by atoms with E-state index in [1.165, 1.54) is 0 Å². The molecule has 0 amide bonds. The second kappa shape index (κ2) is 19.6. The molecule has 0 aromatic rings. The fraction of sp³-hybridized carbons (Fsp3) is 0. The van der Waals surface area contributed by atoms with E-state index < -0.39 is 0 Å². The summed E-state index contributed by atoms with van der Waals surface area (Å²) >= 11 is 0. The van der Waals surface area contributed by atoms with Gasteiger partial charge in [-0.2, -0.15) is 0 Å². The summed E-state index contributed by atoms with van der Waals surface area (Å²) in [5.74, 6) is 0. The van der Waals surface area contributed by atoms with E-state index in [1.807, 2.05) is 0 Å². The standard InChI is InChI=1S/Al.Cr.Mn.Ni.3H. The van der Waals surface area contributed by atoms with Crippen LogP contribution in [0.2, 0.25) is 0 Å². The molecule has 1 radical (unpaired) electrons. The topological polar surface area (TPSA) is 0 Å². The summed E-state index contributed by atoms with van der Waals surface area (Å²) in [5, 5.41) is 0. The fourth-order valence-corrected chi connectivity index (χ4v) is 0. The van der Waals surface area contributed by atoms with Crippen molar-refractivity contribution in [2.45, 2.75) is 0 Å². The first-order valence-corrected chi connectivity index (χ1v) is 0. The molecule has 4 heteroatoms. The van der Waals surface area contributed by atoms with Gasteiger partial charge in [-0.05, 0) is 0 Å². The third kappa shape index (κ3) is 8.95. The van der Waals surface area contributed by atoms with Crippen molar-refractivity contribution < 1.29 is 50.9 Å². The van der Waals surface area contributed by atoms with Gasteiger partial charge < -0.3 is 0 Å². The van der Waals surface area contributed by atoms with Crippen molar-refractivity contribution in [3.05, 3.63) is 0 Å². The van der Waals surface area contributed by atoms with Crippen LogP contribution in [-0.4, -0.2) is 17.4 Å². The maximum Gasteiger partial charge on any atom is 0.187 e. The Morgan fingerprint density at radius 3 is 1.00 bits per heavy atom. The van der Waals surface area contributed by atoms with Gasteiger partial charge in [0.25, 0.3) is 0 Å². The molecule has 0 unspecified atom stereocenters. The molecular weight excluding hydrogens is 193 g/mol. The van der Waals surface area contributed by atoms with Gasteiger partial charge in [-0.25, -0.2) is 0 Å². The maximum atomic E-state index is 0. The van der Waals surface area contributed by atoms with Crippen LogP contribution < -0.4 is 0 Å². The Kier molecular flexibility index (Phi) is 177. The Morgan fingerprint density at radius 2 is 1.00 bits per heavy atom. The fourth-order valence-electron chi connectivity index (χ4n) is 0. The Bertz CT molecular complexity index is 8.00. The van der Waals surface area contributed by atoms with E-state index in [4.69, 9.17) is 0 Å². The second-order valence-corrected chi connectivity index (χ2v) is 0. The Labute approximate surface area is 67.8 Å². The summed E-state index contributed by atoms with van der Waals surface area (Å²) in [4.78, 5) is 0. The predicted octanol–water partition coefficient (Wildman–Crippen LogP) is -1.19. The van der Waals surface area contributed by atoms with E-state index in [0.717, 1.165) is 0 Å². The van der Waals surface area contributed by atoms with Crippen molar-refractivity contribution in [3.63, 3.8) is 0 Å². The predicted molar refractivity (Wildman–Crippen MR) is 9.94 cm³/mol. The van der Waals surface area contributed by atoms with Gasteiger partial charge in [0.1, 0.15) is 0 Å². The average Bonchev–Trinajstić information content (AvgIpc) is 0. The van der Waals surface area contributed by atoms with E-state index in [1.54, 1.807) is 0 Å². The van der Waals surface area contributed by atoms with Gasteiger partial charge in [0.15, 0.2) is 17.4 Å². The van der Waals surface area contributed by atoms with Gasteiger partial charge in [0, 0.05) is 50.9 Å². The van der Waals surface area contributed by atoms with Crippen LogP contribution in [-0.2, 0) is 50.9 Å². The van der Waals surface area contributed by atoms with Crippen molar-refractivity contribution in [3.8, 4) is 0 Å². The summed E-state index contributed by atoms with van der Waals surface area (Å²) in [6, 6.07) is 0. The molecule has 0 nitrogen and oxygen atoms in total.